The number of hydrogen-bond donors (Lipinski definition) is 4. The number of amides is 2. The van der Waals surface area contributed by atoms with Crippen LogP contribution < -0.4 is 21.7 Å². The highest BCUT2D eigenvalue weighted by Gasteiger charge is 2.23. The van der Waals surface area contributed by atoms with Crippen molar-refractivity contribution in [3.8, 4) is 45.3 Å². The van der Waals surface area contributed by atoms with E-state index in [-0.39, 0.29) is 45.2 Å². The average Bonchev–Trinajstić information content (AvgIpc) is 3.24. The zero-order valence-corrected chi connectivity index (χ0v) is 34.6. The molecular weight excluding hydrogens is 864 g/mol. The van der Waals surface area contributed by atoms with E-state index in [1.807, 2.05) is 7.05 Å². The lowest BCUT2D eigenvalue weighted by molar-refractivity contribution is -0.385. The molecule has 0 atom stereocenters. The summed E-state index contributed by atoms with van der Waals surface area (Å²) >= 11 is 3.05. The Bertz CT molecular complexity index is 2670. The van der Waals surface area contributed by atoms with Crippen LogP contribution >= 0.6 is 15.9 Å². The predicted molar refractivity (Wildman–Crippen MR) is 225 cm³/mol. The van der Waals surface area contributed by atoms with Crippen molar-refractivity contribution in [3.63, 3.8) is 0 Å². The van der Waals surface area contributed by atoms with Crippen molar-refractivity contribution >= 4 is 52.3 Å². The van der Waals surface area contributed by atoms with Gasteiger partial charge in [-0.3, -0.25) is 43.4 Å². The second kappa shape index (κ2) is 20.0. The number of methoxy groups -OCH3 is 1. The molecule has 20 heteroatoms. The molecule has 4 aromatic carbocycles. The number of primary amides is 1. The molecule has 0 saturated carbocycles. The van der Waals surface area contributed by atoms with Gasteiger partial charge in [-0.15, -0.1) is 0 Å². The van der Waals surface area contributed by atoms with Crippen LogP contribution in [0.2, 0.25) is 0 Å². The number of nitro groups is 1. The number of phenols is 3. The van der Waals surface area contributed by atoms with Crippen LogP contribution in [-0.2, 0) is 14.1 Å². The number of aldehydes is 3. The number of benzene rings is 4. The quantitative estimate of drug-likeness (QED) is 0.0937. The van der Waals surface area contributed by atoms with E-state index in [1.165, 1.54) is 68.4 Å². The Morgan fingerprint density at radius 1 is 0.820 bits per heavy atom. The number of nitrogens with two attached hydrogens (primary N) is 1. The lowest BCUT2D eigenvalue weighted by Crippen LogP contribution is -2.47. The van der Waals surface area contributed by atoms with E-state index in [9.17, 15) is 59.0 Å². The van der Waals surface area contributed by atoms with E-state index in [1.54, 1.807) is 29.2 Å². The summed E-state index contributed by atoms with van der Waals surface area (Å²) in [7, 11) is 6.23. The number of hydrogen-bond acceptors (Lipinski definition) is 14. The van der Waals surface area contributed by atoms with Crippen molar-refractivity contribution in [3.05, 3.63) is 130 Å². The first-order valence-corrected chi connectivity index (χ1v) is 18.6. The first-order valence-electron chi connectivity index (χ1n) is 17.8. The highest BCUT2D eigenvalue weighted by atomic mass is 79.9. The number of aryl methyl sites for hydroxylation is 1. The summed E-state index contributed by atoms with van der Waals surface area (Å²) in [5.41, 5.74) is 5.26. The van der Waals surface area contributed by atoms with Gasteiger partial charge in [-0.1, -0.05) is 12.1 Å². The third kappa shape index (κ3) is 10.4. The van der Waals surface area contributed by atoms with Crippen LogP contribution in [-0.4, -0.2) is 110 Å². The predicted octanol–water partition coefficient (Wildman–Crippen LogP) is 3.51. The Kier molecular flexibility index (Phi) is 15.2. The van der Waals surface area contributed by atoms with Crippen LogP contribution in [0.25, 0.3) is 22.3 Å². The fourth-order valence-electron chi connectivity index (χ4n) is 5.99. The SMILES string of the molecule is CN1CCN(C(=O)c2cccc(-c3cc(C=O)c(O)c([N+](=O)[O-])c3)c2)CC1.COc1cc(-c2cn(C)c(=O)n(C)c2=O)cc(C=O)c1O.NC(=O)c1ccc(Br)c(C=O)c1O. The zero-order chi connectivity index (χ0) is 45.3. The van der Waals surface area contributed by atoms with E-state index in [0.29, 0.717) is 58.7 Å². The number of nitrogens with zero attached hydrogens (tertiary/aromatic N) is 5. The first-order chi connectivity index (χ1) is 28.9. The molecule has 0 aliphatic carbocycles. The number of aromatic hydroxyl groups is 3. The van der Waals surface area contributed by atoms with Gasteiger partial charge in [0.1, 0.15) is 5.75 Å². The van der Waals surface area contributed by atoms with Gasteiger partial charge in [0.05, 0.1) is 39.9 Å². The molecule has 0 bridgehead atoms. The normalized spacial score (nSPS) is 12.2. The van der Waals surface area contributed by atoms with Crippen molar-refractivity contribution in [2.75, 3.05) is 40.3 Å². The summed E-state index contributed by atoms with van der Waals surface area (Å²) in [4.78, 5) is 94.3. The van der Waals surface area contributed by atoms with Crippen molar-refractivity contribution < 1.29 is 49.0 Å². The molecule has 1 aliphatic rings. The number of rotatable bonds is 9. The summed E-state index contributed by atoms with van der Waals surface area (Å²) in [6.07, 6.45) is 2.66. The van der Waals surface area contributed by atoms with Crippen LogP contribution in [0.15, 0.2) is 80.9 Å². The number of carbonyl (C=O) groups is 5. The lowest BCUT2D eigenvalue weighted by Gasteiger charge is -2.32. The Morgan fingerprint density at radius 3 is 2.02 bits per heavy atom. The minimum absolute atomic E-state index is 0.000237. The molecule has 5 aromatic rings. The summed E-state index contributed by atoms with van der Waals surface area (Å²) in [5, 5.41) is 40.1. The van der Waals surface area contributed by atoms with Crippen molar-refractivity contribution in [1.82, 2.24) is 18.9 Å². The Morgan fingerprint density at radius 2 is 1.44 bits per heavy atom. The minimum Gasteiger partial charge on any atom is -0.506 e. The zero-order valence-electron chi connectivity index (χ0n) is 33.0. The molecule has 318 valence electrons. The smallest absolute Gasteiger partial charge is 0.330 e. The Balaban J connectivity index is 0.000000214. The summed E-state index contributed by atoms with van der Waals surface area (Å²) in [5.74, 6) is -2.15. The molecular formula is C41H39BrN6O13. The third-order valence-corrected chi connectivity index (χ3v) is 10.1. The van der Waals surface area contributed by atoms with E-state index < -0.39 is 39.3 Å². The molecule has 61 heavy (non-hydrogen) atoms. The molecule has 1 aliphatic heterocycles. The molecule has 0 spiro atoms. The van der Waals surface area contributed by atoms with Gasteiger partial charge in [-0.25, -0.2) is 4.79 Å². The summed E-state index contributed by atoms with van der Waals surface area (Å²) < 4.78 is 7.64. The second-order valence-electron chi connectivity index (χ2n) is 13.4. The number of ether oxygens (including phenoxy) is 1. The van der Waals surface area contributed by atoms with Crippen molar-refractivity contribution in [2.45, 2.75) is 0 Å². The number of nitro benzene ring substituents is 1. The molecule has 6 rings (SSSR count). The van der Waals surface area contributed by atoms with Gasteiger partial charge in [0.25, 0.3) is 17.4 Å². The van der Waals surface area contributed by atoms with Crippen molar-refractivity contribution in [1.29, 1.82) is 0 Å². The topological polar surface area (TPSA) is 275 Å². The van der Waals surface area contributed by atoms with Crippen LogP contribution in [0, 0.1) is 10.1 Å². The first kappa shape index (κ1) is 46.2. The van der Waals surface area contributed by atoms with Gasteiger partial charge in [0.2, 0.25) is 5.75 Å². The van der Waals surface area contributed by atoms with E-state index in [2.05, 4.69) is 20.8 Å². The maximum atomic E-state index is 12.7. The number of piperazine rings is 1. The van der Waals surface area contributed by atoms with E-state index in [0.717, 1.165) is 17.7 Å². The standard InChI is InChI=1S/C19H19N3O5.C14H14N2O5.C8H6BrNO3/c1-20-5-7-21(8-6-20)19(25)14-4-2-3-13(9-14)15-10-16(12-23)18(24)17(11-15)22(26)27;1-15-6-10(13(19)16(2)14(15)20)8-4-9(7-17)12(18)11(5-8)21-3;9-6-2-1-4(8(10)13)7(12)5(6)3-11/h2-4,9-12,24H,5-8H2,1H3;4-7,18H,1-3H3;1-3,12H,(H2,10,13). The fraction of sp³-hybridized carbons (Fsp3) is 0.195. The van der Waals surface area contributed by atoms with E-state index in [4.69, 9.17) is 10.5 Å². The Labute approximate surface area is 354 Å². The average molecular weight is 904 g/mol. The minimum atomic E-state index is -0.770. The fourth-order valence-corrected chi connectivity index (χ4v) is 6.41. The number of aromatic nitrogens is 2. The number of likely N-dealkylation sites (N-methyl/N-ethyl adjacent to an activating group) is 1. The van der Waals surface area contributed by atoms with Crippen molar-refractivity contribution in [2.24, 2.45) is 19.8 Å². The van der Waals surface area contributed by atoms with Gasteiger partial charge >= 0.3 is 11.4 Å². The van der Waals surface area contributed by atoms with E-state index >= 15 is 0 Å². The van der Waals surface area contributed by atoms with Gasteiger partial charge < -0.3 is 40.2 Å². The van der Waals surface area contributed by atoms with Crippen LogP contribution in [0.5, 0.6) is 23.0 Å². The largest absolute Gasteiger partial charge is 0.506 e. The molecule has 19 nitrogen and oxygen atoms in total. The highest BCUT2D eigenvalue weighted by molar-refractivity contribution is 9.10. The summed E-state index contributed by atoms with van der Waals surface area (Å²) in [6, 6.07) is 14.9. The Hall–Kier alpha value is -7.45. The number of halogens is 1. The van der Waals surface area contributed by atoms with Crippen LogP contribution in [0.3, 0.4) is 0 Å². The molecule has 1 fully saturated rings. The third-order valence-electron chi connectivity index (χ3n) is 9.43. The van der Waals surface area contributed by atoms with Gasteiger partial charge in [-0.05, 0) is 82.1 Å². The van der Waals surface area contributed by atoms with Gasteiger partial charge in [0, 0.05) is 62.6 Å². The second-order valence-corrected chi connectivity index (χ2v) is 14.2. The highest BCUT2D eigenvalue weighted by Crippen LogP contribution is 2.36. The van der Waals surface area contributed by atoms with Crippen LogP contribution in [0.4, 0.5) is 5.69 Å². The molecule has 2 heterocycles. The number of carbonyl (C=O) groups excluding carboxylic acids is 5. The molecule has 1 aromatic heterocycles. The molecule has 5 N–H and O–H groups in total. The molecule has 1 saturated heterocycles. The van der Waals surface area contributed by atoms with Gasteiger partial charge in [0.15, 0.2) is 30.4 Å². The number of phenolic OH excluding ortho intramolecular Hbond substituents is 2. The lowest BCUT2D eigenvalue weighted by atomic mass is 9.99. The molecule has 2 amide bonds. The summed E-state index contributed by atoms with van der Waals surface area (Å²) in [6.45, 7) is 2.88. The molecule has 0 radical (unpaired) electrons. The van der Waals surface area contributed by atoms with Gasteiger partial charge in [-0.2, -0.15) is 0 Å². The maximum Gasteiger partial charge on any atom is 0.330 e. The maximum absolute atomic E-state index is 12.7. The monoisotopic (exact) mass is 902 g/mol. The molecule has 0 unspecified atom stereocenters. The van der Waals surface area contributed by atoms with Crippen LogP contribution in [0.1, 0.15) is 51.8 Å².